The topological polar surface area (TPSA) is 140 Å². The Kier molecular flexibility index (Phi) is 15.0. The fourth-order valence-electron chi connectivity index (χ4n) is 3.60. The van der Waals surface area contributed by atoms with E-state index in [1.54, 1.807) is 0 Å². The van der Waals surface area contributed by atoms with Gasteiger partial charge in [0.2, 0.25) is 0 Å². The number of hydrogen-bond acceptors (Lipinski definition) is 7. The minimum absolute atomic E-state index is 0.420. The van der Waals surface area contributed by atoms with E-state index in [0.29, 0.717) is 18.1 Å². The molecule has 0 saturated carbocycles. The van der Waals surface area contributed by atoms with Crippen LogP contribution in [0.2, 0.25) is 0 Å². The number of hydrogen-bond donors (Lipinski definition) is 3. The highest BCUT2D eigenvalue weighted by Gasteiger charge is 2.41. The van der Waals surface area contributed by atoms with E-state index >= 15 is 0 Å². The Hall–Kier alpha value is -3.19. The standard InChI is InChI=1S/C16H25N3O.3C2HF3O2/c1-18(2)15-12-19(10-13-5-3-7-17-9-13)11-14-6-4-8-20-16(14)15;3*3-2(4,5)1(6)7/h3,5,7,9,14-16H,4,6,8,10-12H2,1-2H3;3*(H,6,7)/t14-,15+,16-;;;/m0.../s1. The van der Waals surface area contributed by atoms with Crippen molar-refractivity contribution < 1.29 is 74.0 Å². The Balaban J connectivity index is 0.000000631. The molecule has 1 aromatic rings. The lowest BCUT2D eigenvalue weighted by Gasteiger charge is -2.48. The van der Waals surface area contributed by atoms with Gasteiger partial charge in [0.15, 0.2) is 0 Å². The number of aromatic nitrogens is 1. The van der Waals surface area contributed by atoms with Gasteiger partial charge >= 0.3 is 36.4 Å². The van der Waals surface area contributed by atoms with E-state index in [0.717, 1.165) is 26.2 Å². The SMILES string of the molecule is CN(C)[C@@H]1CN(Cc2cccnc2)C[C@@H]2CCCO[C@@H]21.O=C(O)C(F)(F)F.O=C(O)C(F)(F)F.O=C(O)C(F)(F)F. The van der Waals surface area contributed by atoms with Crippen LogP contribution in [0.3, 0.4) is 0 Å². The largest absolute Gasteiger partial charge is 0.490 e. The van der Waals surface area contributed by atoms with Crippen molar-refractivity contribution in [1.29, 1.82) is 0 Å². The number of alkyl halides is 9. The van der Waals surface area contributed by atoms with Crippen LogP contribution < -0.4 is 0 Å². The van der Waals surface area contributed by atoms with Gasteiger partial charge in [0, 0.05) is 44.7 Å². The first-order chi connectivity index (χ1) is 18.6. The zero-order valence-corrected chi connectivity index (χ0v) is 21.5. The van der Waals surface area contributed by atoms with Gasteiger partial charge in [-0.25, -0.2) is 14.4 Å². The van der Waals surface area contributed by atoms with Crippen molar-refractivity contribution in [3.8, 4) is 0 Å². The highest BCUT2D eigenvalue weighted by Crippen LogP contribution is 2.31. The fourth-order valence-corrected chi connectivity index (χ4v) is 3.60. The van der Waals surface area contributed by atoms with Crippen LogP contribution in [0.4, 0.5) is 39.5 Å². The average Bonchev–Trinajstić information content (AvgIpc) is 2.83. The lowest BCUT2D eigenvalue weighted by molar-refractivity contribution is -0.193. The summed E-state index contributed by atoms with van der Waals surface area (Å²) >= 11 is 0. The average molecular weight is 617 g/mol. The lowest BCUT2D eigenvalue weighted by Crippen LogP contribution is -2.59. The number of fused-ring (bicyclic) bond motifs is 1. The van der Waals surface area contributed by atoms with Crippen LogP contribution in [0.15, 0.2) is 24.5 Å². The number of aliphatic carboxylic acids is 3. The van der Waals surface area contributed by atoms with Gasteiger partial charge in [-0.2, -0.15) is 39.5 Å². The second-order valence-corrected chi connectivity index (χ2v) is 8.73. The third-order valence-corrected chi connectivity index (χ3v) is 5.33. The van der Waals surface area contributed by atoms with E-state index in [9.17, 15) is 39.5 Å². The van der Waals surface area contributed by atoms with Gasteiger partial charge < -0.3 is 25.0 Å². The molecule has 2 aliphatic heterocycles. The number of nitrogens with zero attached hydrogens (tertiary/aromatic N) is 3. The molecule has 2 fully saturated rings. The summed E-state index contributed by atoms with van der Waals surface area (Å²) in [5.41, 5.74) is 1.31. The monoisotopic (exact) mass is 617 g/mol. The first-order valence-electron chi connectivity index (χ1n) is 11.4. The summed E-state index contributed by atoms with van der Waals surface area (Å²) in [6.45, 7) is 4.18. The van der Waals surface area contributed by atoms with E-state index in [-0.39, 0.29) is 0 Å². The summed E-state index contributed by atoms with van der Waals surface area (Å²) in [5.74, 6) is -7.59. The van der Waals surface area contributed by atoms with Crippen molar-refractivity contribution >= 4 is 17.9 Å². The Morgan fingerprint density at radius 1 is 0.927 bits per heavy atom. The molecule has 236 valence electrons. The van der Waals surface area contributed by atoms with Crippen molar-refractivity contribution in [1.82, 2.24) is 14.8 Å². The van der Waals surface area contributed by atoms with Gasteiger partial charge in [0.1, 0.15) is 0 Å². The molecule has 19 heteroatoms. The molecule has 41 heavy (non-hydrogen) atoms. The van der Waals surface area contributed by atoms with Crippen LogP contribution >= 0.6 is 0 Å². The predicted molar refractivity (Wildman–Crippen MR) is 121 cm³/mol. The molecule has 3 N–H and O–H groups in total. The zero-order valence-electron chi connectivity index (χ0n) is 21.5. The van der Waals surface area contributed by atoms with E-state index < -0.39 is 36.4 Å². The van der Waals surface area contributed by atoms with Crippen LogP contribution in [0.1, 0.15) is 18.4 Å². The molecule has 0 radical (unpaired) electrons. The molecular weight excluding hydrogens is 589 g/mol. The molecule has 0 aliphatic carbocycles. The number of likely N-dealkylation sites (tertiary alicyclic amines) is 1. The highest BCUT2D eigenvalue weighted by atomic mass is 19.4. The van der Waals surface area contributed by atoms with Gasteiger partial charge in [-0.3, -0.25) is 9.88 Å². The number of likely N-dealkylation sites (N-methyl/N-ethyl adjacent to an activating group) is 1. The number of carbonyl (C=O) groups is 3. The van der Waals surface area contributed by atoms with Crippen LogP contribution in [-0.2, 0) is 25.7 Å². The number of piperidine rings is 1. The Morgan fingerprint density at radius 3 is 1.76 bits per heavy atom. The molecule has 0 amide bonds. The summed E-state index contributed by atoms with van der Waals surface area (Å²) < 4.78 is 101. The molecule has 0 spiro atoms. The number of rotatable bonds is 3. The summed E-state index contributed by atoms with van der Waals surface area (Å²) in [6.07, 6.45) is -8.49. The number of pyridine rings is 1. The van der Waals surface area contributed by atoms with Gasteiger partial charge in [0.05, 0.1) is 6.10 Å². The fraction of sp³-hybridized carbons (Fsp3) is 0.636. The zero-order chi connectivity index (χ0) is 32.2. The lowest BCUT2D eigenvalue weighted by atomic mass is 9.85. The molecule has 3 atom stereocenters. The molecule has 10 nitrogen and oxygen atoms in total. The Morgan fingerprint density at radius 2 is 1.39 bits per heavy atom. The molecular formula is C22H28F9N3O7. The van der Waals surface area contributed by atoms with E-state index in [4.69, 9.17) is 34.4 Å². The number of carboxylic acids is 3. The second-order valence-electron chi connectivity index (χ2n) is 8.73. The number of halogens is 9. The molecule has 2 aliphatic rings. The van der Waals surface area contributed by atoms with E-state index in [1.807, 2.05) is 18.5 Å². The summed E-state index contributed by atoms with van der Waals surface area (Å²) in [6, 6.07) is 4.70. The maximum atomic E-state index is 10.6. The van der Waals surface area contributed by atoms with Crippen molar-refractivity contribution in [2.45, 2.75) is 50.1 Å². The third kappa shape index (κ3) is 15.4. The minimum Gasteiger partial charge on any atom is -0.475 e. The van der Waals surface area contributed by atoms with Crippen molar-refractivity contribution in [2.75, 3.05) is 33.8 Å². The van der Waals surface area contributed by atoms with Crippen LogP contribution in [0.25, 0.3) is 0 Å². The summed E-state index contributed by atoms with van der Waals surface area (Å²) in [5, 5.41) is 21.4. The quantitative estimate of drug-likeness (QED) is 0.432. The van der Waals surface area contributed by atoms with Gasteiger partial charge in [-0.1, -0.05) is 6.07 Å². The molecule has 0 bridgehead atoms. The van der Waals surface area contributed by atoms with Gasteiger partial charge in [-0.15, -0.1) is 0 Å². The van der Waals surface area contributed by atoms with Crippen molar-refractivity contribution in [3.05, 3.63) is 30.1 Å². The maximum absolute atomic E-state index is 10.6. The van der Waals surface area contributed by atoms with Crippen molar-refractivity contribution in [3.63, 3.8) is 0 Å². The molecule has 0 aromatic carbocycles. The first-order valence-corrected chi connectivity index (χ1v) is 11.4. The van der Waals surface area contributed by atoms with E-state index in [2.05, 4.69) is 34.9 Å². The van der Waals surface area contributed by atoms with Crippen LogP contribution in [0, 0.1) is 5.92 Å². The minimum atomic E-state index is -5.08. The molecule has 3 rings (SSSR count). The summed E-state index contributed by atoms with van der Waals surface area (Å²) in [7, 11) is 4.35. The maximum Gasteiger partial charge on any atom is 0.490 e. The molecule has 1 aromatic heterocycles. The Labute approximate surface area is 227 Å². The van der Waals surface area contributed by atoms with Crippen molar-refractivity contribution in [2.24, 2.45) is 5.92 Å². The van der Waals surface area contributed by atoms with Crippen LogP contribution in [0.5, 0.6) is 0 Å². The normalized spacial score (nSPS) is 21.0. The van der Waals surface area contributed by atoms with Gasteiger partial charge in [-0.05, 0) is 44.5 Å². The number of ether oxygens (including phenoxy) is 1. The molecule has 2 saturated heterocycles. The van der Waals surface area contributed by atoms with Gasteiger partial charge in [0.25, 0.3) is 0 Å². The molecule has 3 heterocycles. The van der Waals surface area contributed by atoms with E-state index in [1.165, 1.54) is 18.4 Å². The second kappa shape index (κ2) is 16.3. The highest BCUT2D eigenvalue weighted by molar-refractivity contribution is 5.73. The smallest absolute Gasteiger partial charge is 0.475 e. The third-order valence-electron chi connectivity index (χ3n) is 5.33. The summed E-state index contributed by atoms with van der Waals surface area (Å²) in [4.78, 5) is 35.8. The number of carboxylic acid groups (broad SMARTS) is 3. The first kappa shape index (κ1) is 37.8. The van der Waals surface area contributed by atoms with Crippen LogP contribution in [-0.4, -0.2) is 112 Å². The Bertz CT molecular complexity index is 902. The molecule has 0 unspecified atom stereocenters. The predicted octanol–water partition coefficient (Wildman–Crippen LogP) is 3.52.